The third-order valence-electron chi connectivity index (χ3n) is 7.88. The maximum absolute atomic E-state index is 12.5. The molecule has 0 saturated carbocycles. The monoisotopic (exact) mass is 670 g/mol. The maximum atomic E-state index is 12.5. The first-order valence-corrected chi connectivity index (χ1v) is 19.2. The Balaban J connectivity index is 2.76. The zero-order valence-electron chi connectivity index (χ0n) is 31.4. The van der Waals surface area contributed by atoms with Gasteiger partial charge in [-0.15, -0.1) is 0 Å². The van der Waals surface area contributed by atoms with Crippen LogP contribution in [-0.4, -0.2) is 22.8 Å². The standard InChI is InChI=1S/C40H62O4S2/c1-15-33(41)19-17-27-21-31(37(3,4)5)22-28(18-20-34(42)16-2)35(27)45-46-36-29(25-43-39(9,10)11)23-32(38(6,7)8)24-30(36)26-44-40(12,13)14/h21-24H,15-20,25-26H2,1-14H3. The number of ether oxygens (including phenoxy) is 2. The zero-order chi connectivity index (χ0) is 35.1. The molecule has 6 heteroatoms. The molecule has 0 aliphatic rings. The summed E-state index contributed by atoms with van der Waals surface area (Å²) in [6, 6.07) is 9.21. The highest BCUT2D eigenvalue weighted by Gasteiger charge is 2.25. The SMILES string of the molecule is CCC(=O)CCc1cc(C(C)(C)C)cc(CCC(=O)CC)c1SSc1c(COC(C)(C)C)cc(C(C)(C)C)cc1COC(C)(C)C. The summed E-state index contributed by atoms with van der Waals surface area (Å²) in [5.41, 5.74) is 6.54. The Hall–Kier alpha value is -1.60. The first-order valence-electron chi connectivity index (χ1n) is 17.0. The average Bonchev–Trinajstić information content (AvgIpc) is 2.93. The van der Waals surface area contributed by atoms with Crippen molar-refractivity contribution in [2.24, 2.45) is 0 Å². The largest absolute Gasteiger partial charge is 0.371 e. The van der Waals surface area contributed by atoms with Crippen molar-refractivity contribution >= 4 is 33.2 Å². The van der Waals surface area contributed by atoms with Gasteiger partial charge in [0.1, 0.15) is 11.6 Å². The summed E-state index contributed by atoms with van der Waals surface area (Å²) in [6.07, 6.45) is 3.51. The van der Waals surface area contributed by atoms with Crippen LogP contribution in [0.3, 0.4) is 0 Å². The molecule has 0 N–H and O–H groups in total. The average molecular weight is 671 g/mol. The second-order valence-electron chi connectivity index (χ2n) is 16.5. The number of carbonyl (C=O) groups excluding carboxylic acids is 2. The Bertz CT molecular complexity index is 1250. The van der Waals surface area contributed by atoms with Crippen molar-refractivity contribution in [3.8, 4) is 0 Å². The molecular formula is C40H62O4S2. The van der Waals surface area contributed by atoms with Crippen LogP contribution >= 0.6 is 21.6 Å². The minimum absolute atomic E-state index is 0.0376. The van der Waals surface area contributed by atoms with E-state index >= 15 is 0 Å². The zero-order valence-corrected chi connectivity index (χ0v) is 33.0. The second-order valence-corrected chi connectivity index (χ2v) is 18.7. The lowest BCUT2D eigenvalue weighted by Gasteiger charge is -2.28. The van der Waals surface area contributed by atoms with Crippen LogP contribution in [0.1, 0.15) is 156 Å². The van der Waals surface area contributed by atoms with Gasteiger partial charge in [0.2, 0.25) is 0 Å². The van der Waals surface area contributed by atoms with Crippen LogP contribution in [0, 0.1) is 0 Å². The van der Waals surface area contributed by atoms with Gasteiger partial charge in [-0.2, -0.15) is 0 Å². The molecule has 0 atom stereocenters. The van der Waals surface area contributed by atoms with Gasteiger partial charge in [0.05, 0.1) is 24.4 Å². The molecule has 0 aliphatic heterocycles. The third-order valence-corrected chi connectivity index (χ3v) is 10.6. The van der Waals surface area contributed by atoms with E-state index in [1.54, 1.807) is 21.6 Å². The third kappa shape index (κ3) is 13.5. The fraction of sp³-hybridized carbons (Fsp3) is 0.650. The molecule has 0 spiro atoms. The number of carbonyl (C=O) groups is 2. The molecule has 2 aromatic rings. The van der Waals surface area contributed by atoms with Gasteiger partial charge in [0, 0.05) is 35.5 Å². The molecule has 0 heterocycles. The predicted molar refractivity (Wildman–Crippen MR) is 198 cm³/mol. The highest BCUT2D eigenvalue weighted by atomic mass is 33.1. The molecule has 0 aromatic heterocycles. The van der Waals surface area contributed by atoms with Crippen molar-refractivity contribution < 1.29 is 19.1 Å². The molecule has 0 radical (unpaired) electrons. The van der Waals surface area contributed by atoms with Crippen LogP contribution < -0.4 is 0 Å². The van der Waals surface area contributed by atoms with E-state index in [1.807, 2.05) is 13.8 Å². The van der Waals surface area contributed by atoms with E-state index in [9.17, 15) is 9.59 Å². The van der Waals surface area contributed by atoms with Gasteiger partial charge in [-0.3, -0.25) is 9.59 Å². The molecule has 0 saturated heterocycles. The van der Waals surface area contributed by atoms with Gasteiger partial charge in [0.25, 0.3) is 0 Å². The number of aryl methyl sites for hydroxylation is 2. The molecule has 0 aliphatic carbocycles. The minimum atomic E-state index is -0.282. The smallest absolute Gasteiger partial charge is 0.132 e. The van der Waals surface area contributed by atoms with Gasteiger partial charge in [-0.1, -0.05) is 101 Å². The van der Waals surface area contributed by atoms with Crippen molar-refractivity contribution in [1.29, 1.82) is 0 Å². The summed E-state index contributed by atoms with van der Waals surface area (Å²) < 4.78 is 12.8. The van der Waals surface area contributed by atoms with Crippen LogP contribution in [-0.2, 0) is 55.9 Å². The first-order chi connectivity index (χ1) is 21.0. The van der Waals surface area contributed by atoms with E-state index in [0.717, 1.165) is 16.0 Å². The molecule has 0 unspecified atom stereocenters. The van der Waals surface area contributed by atoms with Crippen molar-refractivity contribution in [2.75, 3.05) is 0 Å². The van der Waals surface area contributed by atoms with Crippen LogP contribution in [0.15, 0.2) is 34.1 Å². The van der Waals surface area contributed by atoms with E-state index in [-0.39, 0.29) is 33.6 Å². The Morgan fingerprint density at radius 1 is 0.543 bits per heavy atom. The molecule has 2 rings (SSSR count). The van der Waals surface area contributed by atoms with Gasteiger partial charge in [-0.25, -0.2) is 0 Å². The van der Waals surface area contributed by atoms with E-state index in [1.165, 1.54) is 27.1 Å². The molecule has 0 bridgehead atoms. The molecule has 0 fully saturated rings. The summed E-state index contributed by atoms with van der Waals surface area (Å²) in [4.78, 5) is 27.4. The van der Waals surface area contributed by atoms with Crippen LogP contribution in [0.2, 0.25) is 0 Å². The highest BCUT2D eigenvalue weighted by molar-refractivity contribution is 8.76. The second kappa shape index (κ2) is 16.7. The fourth-order valence-corrected chi connectivity index (χ4v) is 7.69. The molecule has 4 nitrogen and oxygen atoms in total. The molecule has 0 amide bonds. The fourth-order valence-electron chi connectivity index (χ4n) is 4.75. The summed E-state index contributed by atoms with van der Waals surface area (Å²) in [5.74, 6) is 0.543. The van der Waals surface area contributed by atoms with E-state index < -0.39 is 0 Å². The van der Waals surface area contributed by atoms with Crippen LogP contribution in [0.25, 0.3) is 0 Å². The van der Waals surface area contributed by atoms with Crippen molar-refractivity contribution in [2.45, 2.75) is 180 Å². The lowest BCUT2D eigenvalue weighted by Crippen LogP contribution is -2.21. The maximum Gasteiger partial charge on any atom is 0.132 e. The summed E-state index contributed by atoms with van der Waals surface area (Å²) in [7, 11) is 3.51. The number of rotatable bonds is 15. The lowest BCUT2D eigenvalue weighted by atomic mass is 9.83. The topological polar surface area (TPSA) is 52.6 Å². The van der Waals surface area contributed by atoms with Gasteiger partial charge in [-0.05, 0) is 98.6 Å². The van der Waals surface area contributed by atoms with E-state index in [0.29, 0.717) is 51.7 Å². The first kappa shape index (κ1) is 40.6. The molecule has 2 aromatic carbocycles. The van der Waals surface area contributed by atoms with E-state index in [4.69, 9.17) is 9.47 Å². The Morgan fingerprint density at radius 2 is 0.848 bits per heavy atom. The number of ketones is 2. The van der Waals surface area contributed by atoms with Crippen molar-refractivity contribution in [3.63, 3.8) is 0 Å². The Labute approximate surface area is 289 Å². The molecular weight excluding hydrogens is 609 g/mol. The normalized spacial score (nSPS) is 12.9. The minimum Gasteiger partial charge on any atom is -0.371 e. The summed E-state index contributed by atoms with van der Waals surface area (Å²) in [5, 5.41) is 0. The molecule has 258 valence electrons. The Kier molecular flexibility index (Phi) is 14.7. The highest BCUT2D eigenvalue weighted by Crippen LogP contribution is 2.47. The van der Waals surface area contributed by atoms with Gasteiger partial charge >= 0.3 is 0 Å². The summed E-state index contributed by atoms with van der Waals surface area (Å²) >= 11 is 0. The van der Waals surface area contributed by atoms with Gasteiger partial charge in [0.15, 0.2) is 0 Å². The van der Waals surface area contributed by atoms with Gasteiger partial charge < -0.3 is 9.47 Å². The van der Waals surface area contributed by atoms with Crippen molar-refractivity contribution in [3.05, 3.63) is 57.6 Å². The van der Waals surface area contributed by atoms with E-state index in [2.05, 4.69) is 107 Å². The lowest BCUT2D eigenvalue weighted by molar-refractivity contribution is -0.119. The predicted octanol–water partition coefficient (Wildman–Crippen LogP) is 11.5. The van der Waals surface area contributed by atoms with Crippen LogP contribution in [0.5, 0.6) is 0 Å². The molecule has 46 heavy (non-hydrogen) atoms. The number of Topliss-reactive ketones (excluding diaryl/α,β-unsaturated/α-hetero) is 2. The summed E-state index contributed by atoms with van der Waals surface area (Å²) in [6.45, 7) is 30.9. The number of hydrogen-bond donors (Lipinski definition) is 0. The quantitative estimate of drug-likeness (QED) is 0.176. The van der Waals surface area contributed by atoms with Crippen molar-refractivity contribution in [1.82, 2.24) is 0 Å². The number of hydrogen-bond acceptors (Lipinski definition) is 6. The Morgan fingerprint density at radius 3 is 1.13 bits per heavy atom. The van der Waals surface area contributed by atoms with Crippen LogP contribution in [0.4, 0.5) is 0 Å². The number of benzene rings is 2.